The zero-order chi connectivity index (χ0) is 9.07. The third-order valence-electron chi connectivity index (χ3n) is 0.725. The molecular formula is C3H7LiNO6P. The Kier molecular flexibility index (Phi) is 6.99. The van der Waals surface area contributed by atoms with Crippen LogP contribution in [0.25, 0.3) is 0 Å². The summed E-state index contributed by atoms with van der Waals surface area (Å²) in [6, 6.07) is -1.53. The van der Waals surface area contributed by atoms with Crippen molar-refractivity contribution >= 4 is 13.8 Å². The summed E-state index contributed by atoms with van der Waals surface area (Å²) in [5.74, 6) is -1.63. The molecule has 0 saturated heterocycles. The molecule has 0 aliphatic rings. The van der Waals surface area contributed by atoms with Crippen molar-refractivity contribution < 1.29 is 47.6 Å². The van der Waals surface area contributed by atoms with Crippen LogP contribution in [0.1, 0.15) is 0 Å². The van der Waals surface area contributed by atoms with E-state index in [1.54, 1.807) is 0 Å². The van der Waals surface area contributed by atoms with Gasteiger partial charge in [-0.15, -0.1) is 0 Å². The van der Waals surface area contributed by atoms with Crippen LogP contribution in [0.4, 0.5) is 0 Å². The molecule has 0 aromatic carbocycles. The summed E-state index contributed by atoms with van der Waals surface area (Å²) < 4.78 is 13.7. The van der Waals surface area contributed by atoms with E-state index < -0.39 is 26.4 Å². The third kappa shape index (κ3) is 8.24. The first-order valence-electron chi connectivity index (χ1n) is 2.49. The Labute approximate surface area is 80.3 Å². The summed E-state index contributed by atoms with van der Waals surface area (Å²) >= 11 is 0. The monoisotopic (exact) mass is 191 g/mol. The van der Waals surface area contributed by atoms with Gasteiger partial charge in [-0.05, 0) is 0 Å². The molecule has 0 fully saturated rings. The summed E-state index contributed by atoms with van der Waals surface area (Å²) in [5, 5.41) is 9.85. The molecule has 0 aliphatic heterocycles. The van der Waals surface area contributed by atoms with Gasteiger partial charge in [-0.3, -0.25) is 4.52 Å². The van der Waals surface area contributed by atoms with Crippen LogP contribution in [-0.2, 0) is 13.9 Å². The first kappa shape index (κ1) is 14.7. The largest absolute Gasteiger partial charge is 1.00 e. The number of nitrogens with two attached hydrogens (primary N) is 1. The van der Waals surface area contributed by atoms with Crippen LogP contribution in [0.2, 0.25) is 0 Å². The Balaban J connectivity index is 0. The number of rotatable bonds is 4. The fraction of sp³-hybridized carbons (Fsp3) is 0.667. The number of carbonyl (C=O) groups excluding carboxylic acids is 1. The van der Waals surface area contributed by atoms with Crippen LogP contribution < -0.4 is 29.7 Å². The number of carbonyl (C=O) groups is 1. The van der Waals surface area contributed by atoms with Crippen LogP contribution >= 0.6 is 7.82 Å². The van der Waals surface area contributed by atoms with Gasteiger partial charge in [-0.25, -0.2) is 4.57 Å². The number of hydrogen-bond donors (Lipinski definition) is 3. The molecule has 1 atom stereocenters. The van der Waals surface area contributed by atoms with Gasteiger partial charge in [-0.1, -0.05) is 0 Å². The maximum Gasteiger partial charge on any atom is 1.00 e. The van der Waals surface area contributed by atoms with E-state index in [0.717, 1.165) is 0 Å². The van der Waals surface area contributed by atoms with Gasteiger partial charge in [0.25, 0.3) is 0 Å². The number of carboxylic acids is 1. The van der Waals surface area contributed by atoms with Gasteiger partial charge in [0.1, 0.15) is 0 Å². The molecule has 66 valence electrons. The Morgan fingerprint density at radius 2 is 2.08 bits per heavy atom. The third-order valence-corrected chi connectivity index (χ3v) is 1.21. The van der Waals surface area contributed by atoms with E-state index in [4.69, 9.17) is 15.5 Å². The number of aliphatic carboxylic acids is 1. The minimum atomic E-state index is -4.63. The van der Waals surface area contributed by atoms with E-state index in [1.807, 2.05) is 0 Å². The Morgan fingerprint density at radius 1 is 1.67 bits per heavy atom. The van der Waals surface area contributed by atoms with Crippen LogP contribution in [0.15, 0.2) is 0 Å². The molecule has 7 nitrogen and oxygen atoms in total. The zero-order valence-electron chi connectivity index (χ0n) is 6.34. The van der Waals surface area contributed by atoms with Gasteiger partial charge in [0.2, 0.25) is 0 Å². The van der Waals surface area contributed by atoms with Crippen molar-refractivity contribution in [2.45, 2.75) is 6.04 Å². The van der Waals surface area contributed by atoms with Crippen LogP contribution in [0.3, 0.4) is 0 Å². The molecule has 0 radical (unpaired) electrons. The fourth-order valence-electron chi connectivity index (χ4n) is 0.245. The maximum absolute atomic E-state index is 9.96. The van der Waals surface area contributed by atoms with Gasteiger partial charge in [0.05, 0.1) is 18.6 Å². The zero-order valence-corrected chi connectivity index (χ0v) is 7.23. The molecule has 0 unspecified atom stereocenters. The Morgan fingerprint density at radius 3 is 2.33 bits per heavy atom. The van der Waals surface area contributed by atoms with E-state index in [2.05, 4.69) is 4.52 Å². The van der Waals surface area contributed by atoms with Crippen LogP contribution in [0.5, 0.6) is 0 Å². The van der Waals surface area contributed by atoms with Gasteiger partial charge < -0.3 is 25.4 Å². The van der Waals surface area contributed by atoms with Crippen molar-refractivity contribution in [1.29, 1.82) is 0 Å². The minimum absolute atomic E-state index is 0. The smallest absolute Gasteiger partial charge is 0.548 e. The van der Waals surface area contributed by atoms with Crippen molar-refractivity contribution in [3.05, 3.63) is 0 Å². The predicted octanol–water partition coefficient (Wildman–Crippen LogP) is -5.82. The average Bonchev–Trinajstić information content (AvgIpc) is 1.80. The molecule has 0 aromatic heterocycles. The first-order valence-corrected chi connectivity index (χ1v) is 4.02. The molecule has 9 heteroatoms. The SMILES string of the molecule is N[C@@H](COP(=O)(O)O)C(=O)[O-].[Li+]. The van der Waals surface area contributed by atoms with Crippen molar-refractivity contribution in [2.75, 3.05) is 6.61 Å². The number of hydrogen-bond acceptors (Lipinski definition) is 5. The topological polar surface area (TPSA) is 133 Å². The van der Waals surface area contributed by atoms with Crippen molar-refractivity contribution in [3.63, 3.8) is 0 Å². The summed E-state index contributed by atoms with van der Waals surface area (Å²) in [6.45, 7) is -0.771. The molecule has 0 heterocycles. The molecule has 12 heavy (non-hydrogen) atoms. The molecule has 0 bridgehead atoms. The standard InChI is InChI=1S/C3H8NO6P.Li/c4-2(3(5)6)1-10-11(7,8)9;/h2H,1,4H2,(H,5,6)(H2,7,8,9);/q;+1/p-1/t2-;/m0./s1. The van der Waals surface area contributed by atoms with E-state index in [9.17, 15) is 14.5 Å². The number of phosphoric ester groups is 1. The summed E-state index contributed by atoms with van der Waals surface area (Å²) in [6.07, 6.45) is 0. The second kappa shape index (κ2) is 5.73. The summed E-state index contributed by atoms with van der Waals surface area (Å²) in [4.78, 5) is 26.0. The fourth-order valence-corrected chi connectivity index (χ4v) is 0.600. The van der Waals surface area contributed by atoms with E-state index in [1.165, 1.54) is 0 Å². The first-order chi connectivity index (χ1) is 4.83. The average molecular weight is 191 g/mol. The molecule has 0 spiro atoms. The Hall–Kier alpha value is 0.137. The van der Waals surface area contributed by atoms with Crippen molar-refractivity contribution in [2.24, 2.45) is 5.73 Å². The molecule has 0 saturated carbocycles. The number of phosphoric acid groups is 1. The maximum atomic E-state index is 9.96. The quantitative estimate of drug-likeness (QED) is 0.297. The minimum Gasteiger partial charge on any atom is -0.548 e. The van der Waals surface area contributed by atoms with Crippen LogP contribution in [0, 0.1) is 0 Å². The van der Waals surface area contributed by atoms with Crippen molar-refractivity contribution in [3.8, 4) is 0 Å². The molecular weight excluding hydrogens is 184 g/mol. The second-order valence-electron chi connectivity index (χ2n) is 1.71. The van der Waals surface area contributed by atoms with Crippen molar-refractivity contribution in [1.82, 2.24) is 0 Å². The molecule has 4 N–H and O–H groups in total. The van der Waals surface area contributed by atoms with E-state index in [-0.39, 0.29) is 18.9 Å². The second-order valence-corrected chi connectivity index (χ2v) is 2.95. The van der Waals surface area contributed by atoms with Gasteiger partial charge >= 0.3 is 26.7 Å². The van der Waals surface area contributed by atoms with Crippen LogP contribution in [-0.4, -0.2) is 28.4 Å². The summed E-state index contributed by atoms with van der Waals surface area (Å²) in [5.41, 5.74) is 4.79. The molecule has 0 aliphatic carbocycles. The van der Waals surface area contributed by atoms with Gasteiger partial charge in [-0.2, -0.15) is 0 Å². The molecule has 0 amide bonds. The summed E-state index contributed by atoms with van der Waals surface area (Å²) in [7, 11) is -4.63. The Bertz CT molecular complexity index is 191. The van der Waals surface area contributed by atoms with E-state index >= 15 is 0 Å². The van der Waals surface area contributed by atoms with E-state index in [0.29, 0.717) is 0 Å². The van der Waals surface area contributed by atoms with Gasteiger partial charge in [0, 0.05) is 0 Å². The van der Waals surface area contributed by atoms with Gasteiger partial charge in [0.15, 0.2) is 0 Å². The normalized spacial score (nSPS) is 13.2. The number of carboxylic acid groups (broad SMARTS) is 1. The molecule has 0 rings (SSSR count). The molecule has 0 aromatic rings. The predicted molar refractivity (Wildman–Crippen MR) is 31.0 cm³/mol.